The Labute approximate surface area is 113 Å². The molecule has 0 amide bonds. The predicted molar refractivity (Wildman–Crippen MR) is 76.7 cm³/mol. The molecule has 0 aromatic heterocycles. The lowest BCUT2D eigenvalue weighted by Crippen LogP contribution is -2.33. The lowest BCUT2D eigenvalue weighted by atomic mass is 10.0. The molecule has 6 heteroatoms. The van der Waals surface area contributed by atoms with Gasteiger partial charge in [0.1, 0.15) is 11.4 Å². The summed E-state index contributed by atoms with van der Waals surface area (Å²) in [6.45, 7) is 3.98. The van der Waals surface area contributed by atoms with Crippen molar-refractivity contribution in [2.24, 2.45) is 0 Å². The molecule has 0 radical (unpaired) electrons. The third-order valence-electron chi connectivity index (χ3n) is 2.94. The molecular formula is C13H21N3O3. The van der Waals surface area contributed by atoms with Gasteiger partial charge in [-0.3, -0.25) is 10.1 Å². The molecule has 0 heterocycles. The fourth-order valence-electron chi connectivity index (χ4n) is 2.00. The van der Waals surface area contributed by atoms with Gasteiger partial charge in [-0.1, -0.05) is 19.4 Å². The van der Waals surface area contributed by atoms with Crippen molar-refractivity contribution in [2.45, 2.75) is 32.3 Å². The molecule has 0 saturated heterocycles. The van der Waals surface area contributed by atoms with Crippen molar-refractivity contribution < 1.29 is 10.0 Å². The van der Waals surface area contributed by atoms with E-state index in [4.69, 9.17) is 0 Å². The van der Waals surface area contributed by atoms with Gasteiger partial charge in [0.25, 0.3) is 0 Å². The van der Waals surface area contributed by atoms with E-state index in [1.165, 1.54) is 0 Å². The Morgan fingerprint density at radius 1 is 1.42 bits per heavy atom. The van der Waals surface area contributed by atoms with Crippen LogP contribution in [0.4, 0.5) is 17.1 Å². The van der Waals surface area contributed by atoms with E-state index in [1.807, 2.05) is 6.92 Å². The second-order valence-corrected chi connectivity index (χ2v) is 4.81. The zero-order chi connectivity index (χ0) is 14.5. The normalized spacial score (nSPS) is 13.7. The van der Waals surface area contributed by atoms with Gasteiger partial charge in [-0.25, -0.2) is 0 Å². The van der Waals surface area contributed by atoms with Crippen LogP contribution in [0, 0.1) is 10.1 Å². The Morgan fingerprint density at radius 3 is 2.58 bits per heavy atom. The highest BCUT2D eigenvalue weighted by Crippen LogP contribution is 2.32. The summed E-state index contributed by atoms with van der Waals surface area (Å²) in [7, 11) is 1.64. The number of nitrogens with one attached hydrogen (secondary N) is 2. The van der Waals surface area contributed by atoms with Crippen LogP contribution in [0.5, 0.6) is 0 Å². The van der Waals surface area contributed by atoms with E-state index in [-0.39, 0.29) is 12.2 Å². The van der Waals surface area contributed by atoms with Crippen molar-refractivity contribution in [2.75, 3.05) is 24.2 Å². The van der Waals surface area contributed by atoms with Crippen LogP contribution in [0.1, 0.15) is 26.7 Å². The molecule has 1 aromatic rings. The lowest BCUT2D eigenvalue weighted by molar-refractivity contribution is -0.383. The number of nitro benzene ring substituents is 1. The number of nitro groups is 1. The highest BCUT2D eigenvalue weighted by molar-refractivity contribution is 5.76. The van der Waals surface area contributed by atoms with Crippen LogP contribution in [-0.2, 0) is 0 Å². The summed E-state index contributed by atoms with van der Waals surface area (Å²) >= 11 is 0. The Kier molecular flexibility index (Phi) is 5.11. The number of aliphatic hydroxyl groups is 1. The van der Waals surface area contributed by atoms with Crippen LogP contribution in [0.15, 0.2) is 18.2 Å². The minimum absolute atomic E-state index is 0.00250. The summed E-state index contributed by atoms with van der Waals surface area (Å²) < 4.78 is 0. The van der Waals surface area contributed by atoms with Gasteiger partial charge in [0, 0.05) is 13.6 Å². The fraction of sp³-hybridized carbons (Fsp3) is 0.538. The van der Waals surface area contributed by atoms with E-state index in [2.05, 4.69) is 10.6 Å². The summed E-state index contributed by atoms with van der Waals surface area (Å²) in [6, 6.07) is 5.02. The molecule has 0 bridgehead atoms. The van der Waals surface area contributed by atoms with Crippen LogP contribution in [0.2, 0.25) is 0 Å². The standard InChI is InChI=1S/C13H21N3O3/c1-4-8-13(2,17)9-15-11-7-5-6-10(14-3)12(11)16(18)19/h5-7,14-15,17H,4,8-9H2,1-3H3. The number of nitrogens with zero attached hydrogens (tertiary/aromatic N) is 1. The molecule has 0 saturated carbocycles. The van der Waals surface area contributed by atoms with Gasteiger partial charge in [0.05, 0.1) is 10.5 Å². The zero-order valence-corrected chi connectivity index (χ0v) is 11.6. The smallest absolute Gasteiger partial charge is 0.315 e. The second kappa shape index (κ2) is 6.38. The van der Waals surface area contributed by atoms with Crippen LogP contribution in [0.3, 0.4) is 0 Å². The van der Waals surface area contributed by atoms with Gasteiger partial charge in [0.15, 0.2) is 0 Å². The molecule has 1 rings (SSSR count). The first-order valence-corrected chi connectivity index (χ1v) is 6.32. The van der Waals surface area contributed by atoms with E-state index in [9.17, 15) is 15.2 Å². The van der Waals surface area contributed by atoms with Crippen molar-refractivity contribution in [3.05, 3.63) is 28.3 Å². The van der Waals surface area contributed by atoms with Crippen LogP contribution in [0.25, 0.3) is 0 Å². The van der Waals surface area contributed by atoms with Gasteiger partial charge < -0.3 is 15.7 Å². The lowest BCUT2D eigenvalue weighted by Gasteiger charge is -2.23. The Morgan fingerprint density at radius 2 is 2.05 bits per heavy atom. The number of para-hydroxylation sites is 1. The van der Waals surface area contributed by atoms with Gasteiger partial charge in [-0.05, 0) is 25.5 Å². The monoisotopic (exact) mass is 267 g/mol. The molecule has 6 nitrogen and oxygen atoms in total. The minimum atomic E-state index is -0.877. The highest BCUT2D eigenvalue weighted by Gasteiger charge is 2.23. The number of anilines is 2. The van der Waals surface area contributed by atoms with E-state index >= 15 is 0 Å². The minimum Gasteiger partial charge on any atom is -0.388 e. The van der Waals surface area contributed by atoms with Crippen LogP contribution >= 0.6 is 0 Å². The molecule has 0 aliphatic carbocycles. The van der Waals surface area contributed by atoms with E-state index in [1.54, 1.807) is 32.2 Å². The van der Waals surface area contributed by atoms with E-state index < -0.39 is 10.5 Å². The SMILES string of the molecule is CCCC(C)(O)CNc1cccc(NC)c1[N+](=O)[O-]. The average Bonchev–Trinajstić information content (AvgIpc) is 2.35. The fourth-order valence-corrected chi connectivity index (χ4v) is 2.00. The third-order valence-corrected chi connectivity index (χ3v) is 2.94. The molecule has 0 aliphatic heterocycles. The summed E-state index contributed by atoms with van der Waals surface area (Å²) in [5, 5.41) is 27.0. The summed E-state index contributed by atoms with van der Waals surface area (Å²) in [4.78, 5) is 10.7. The van der Waals surface area contributed by atoms with Crippen LogP contribution < -0.4 is 10.6 Å². The van der Waals surface area contributed by atoms with Crippen molar-refractivity contribution in [3.63, 3.8) is 0 Å². The number of benzene rings is 1. The summed E-state index contributed by atoms with van der Waals surface area (Å²) in [5.41, 5.74) is -0.0196. The topological polar surface area (TPSA) is 87.4 Å². The average molecular weight is 267 g/mol. The largest absolute Gasteiger partial charge is 0.388 e. The molecule has 1 aromatic carbocycles. The first-order chi connectivity index (χ1) is 8.91. The van der Waals surface area contributed by atoms with Gasteiger partial charge in [-0.15, -0.1) is 0 Å². The molecule has 0 fully saturated rings. The van der Waals surface area contributed by atoms with Crippen molar-refractivity contribution in [1.29, 1.82) is 0 Å². The Balaban J connectivity index is 2.92. The summed E-state index contributed by atoms with van der Waals surface area (Å²) in [6.07, 6.45) is 1.49. The van der Waals surface area contributed by atoms with Gasteiger partial charge in [-0.2, -0.15) is 0 Å². The molecule has 106 valence electrons. The summed E-state index contributed by atoms with van der Waals surface area (Å²) in [5.74, 6) is 0. The van der Waals surface area contributed by atoms with Crippen molar-refractivity contribution >= 4 is 17.1 Å². The number of hydrogen-bond donors (Lipinski definition) is 3. The van der Waals surface area contributed by atoms with E-state index in [0.29, 0.717) is 17.8 Å². The predicted octanol–water partition coefficient (Wildman–Crippen LogP) is 2.60. The second-order valence-electron chi connectivity index (χ2n) is 4.81. The first-order valence-electron chi connectivity index (χ1n) is 6.32. The molecule has 3 N–H and O–H groups in total. The highest BCUT2D eigenvalue weighted by atomic mass is 16.6. The molecule has 1 unspecified atom stereocenters. The third kappa shape index (κ3) is 4.10. The van der Waals surface area contributed by atoms with E-state index in [0.717, 1.165) is 6.42 Å². The number of rotatable bonds is 7. The number of hydrogen-bond acceptors (Lipinski definition) is 5. The van der Waals surface area contributed by atoms with Crippen molar-refractivity contribution in [3.8, 4) is 0 Å². The van der Waals surface area contributed by atoms with Gasteiger partial charge >= 0.3 is 5.69 Å². The molecular weight excluding hydrogens is 246 g/mol. The quantitative estimate of drug-likeness (QED) is 0.522. The first kappa shape index (κ1) is 15.2. The Bertz CT molecular complexity index is 447. The van der Waals surface area contributed by atoms with Crippen LogP contribution in [-0.4, -0.2) is 29.2 Å². The molecule has 0 aliphatic rings. The van der Waals surface area contributed by atoms with Crippen molar-refractivity contribution in [1.82, 2.24) is 0 Å². The molecule has 0 spiro atoms. The maximum atomic E-state index is 11.1. The molecule has 19 heavy (non-hydrogen) atoms. The molecule has 1 atom stereocenters. The zero-order valence-electron chi connectivity index (χ0n) is 11.6. The maximum Gasteiger partial charge on any atom is 0.315 e. The van der Waals surface area contributed by atoms with Gasteiger partial charge in [0.2, 0.25) is 0 Å². The maximum absolute atomic E-state index is 11.1. The Hall–Kier alpha value is -1.82.